The van der Waals surface area contributed by atoms with E-state index in [0.717, 1.165) is 36.8 Å². The standard InChI is InChI=1S/C17H18ClN7O.C2H5N5/c18-15-11-14(5-6-20-15)25-16(19)22-17(23-25)21-12-1-3-13(4-2-12)24-7-9-26-10-8-24;3-2-1-7(4)6-5-2/h1-6,11H,7-10H2,(H3,19,21,22,23);1H,3-4H2. The van der Waals surface area contributed by atoms with Crippen LogP contribution < -0.4 is 27.5 Å². The van der Waals surface area contributed by atoms with Crippen LogP contribution in [0.1, 0.15) is 0 Å². The molecule has 1 aliphatic heterocycles. The number of nitrogens with two attached hydrogens (primary N) is 3. The number of rotatable bonds is 4. The van der Waals surface area contributed by atoms with Crippen LogP contribution in [0.5, 0.6) is 0 Å². The van der Waals surface area contributed by atoms with Crippen LogP contribution in [0.15, 0.2) is 48.8 Å². The quantitative estimate of drug-likeness (QED) is 0.247. The van der Waals surface area contributed by atoms with Crippen LogP contribution >= 0.6 is 11.6 Å². The largest absolute Gasteiger partial charge is 0.381 e. The highest BCUT2D eigenvalue weighted by atomic mass is 35.5. The molecule has 0 atom stereocenters. The van der Waals surface area contributed by atoms with Crippen LogP contribution in [-0.4, -0.2) is 61.2 Å². The number of aromatic nitrogens is 7. The van der Waals surface area contributed by atoms with Crippen LogP contribution in [0.25, 0.3) is 5.69 Å². The summed E-state index contributed by atoms with van der Waals surface area (Å²) in [5.74, 6) is 6.05. The molecule has 0 bridgehead atoms. The smallest absolute Gasteiger partial charge is 0.248 e. The topological polar surface area (TPSA) is 177 Å². The van der Waals surface area contributed by atoms with E-state index in [1.165, 1.54) is 16.6 Å². The van der Waals surface area contributed by atoms with E-state index in [1.807, 2.05) is 12.1 Å². The third kappa shape index (κ3) is 5.78. The summed E-state index contributed by atoms with van der Waals surface area (Å²) in [6.07, 6.45) is 3.01. The lowest BCUT2D eigenvalue weighted by atomic mass is 10.2. The normalized spacial score (nSPS) is 13.3. The molecule has 33 heavy (non-hydrogen) atoms. The summed E-state index contributed by atoms with van der Waals surface area (Å²) in [5.41, 5.74) is 13.8. The maximum atomic E-state index is 5.97. The van der Waals surface area contributed by atoms with Crippen molar-refractivity contribution < 1.29 is 4.74 Å². The lowest BCUT2D eigenvalue weighted by Gasteiger charge is -2.28. The lowest BCUT2D eigenvalue weighted by Crippen LogP contribution is -2.36. The van der Waals surface area contributed by atoms with Gasteiger partial charge in [-0.25, -0.2) is 4.98 Å². The van der Waals surface area contributed by atoms with Crippen LogP contribution in [0.3, 0.4) is 0 Å². The third-order valence-electron chi connectivity index (χ3n) is 4.61. The van der Waals surface area contributed by atoms with Gasteiger partial charge in [-0.15, -0.1) is 10.2 Å². The minimum absolute atomic E-state index is 0.264. The number of halogens is 1. The van der Waals surface area contributed by atoms with Crippen molar-refractivity contribution in [2.75, 3.05) is 53.8 Å². The molecule has 3 aromatic heterocycles. The summed E-state index contributed by atoms with van der Waals surface area (Å²) >= 11 is 5.92. The van der Waals surface area contributed by atoms with Crippen LogP contribution in [-0.2, 0) is 4.74 Å². The number of morpholine rings is 1. The van der Waals surface area contributed by atoms with E-state index in [-0.39, 0.29) is 5.95 Å². The molecule has 172 valence electrons. The van der Waals surface area contributed by atoms with E-state index >= 15 is 0 Å². The van der Waals surface area contributed by atoms with Gasteiger partial charge in [0.15, 0.2) is 5.82 Å². The zero-order valence-corrected chi connectivity index (χ0v) is 18.3. The van der Waals surface area contributed by atoms with E-state index in [4.69, 9.17) is 33.6 Å². The fourth-order valence-corrected chi connectivity index (χ4v) is 3.26. The molecule has 0 spiro atoms. The zero-order valence-electron chi connectivity index (χ0n) is 17.5. The molecule has 13 nitrogen and oxygen atoms in total. The molecule has 1 saturated heterocycles. The summed E-state index contributed by atoms with van der Waals surface area (Å²) in [5, 5.41) is 14.6. The molecule has 1 aromatic carbocycles. The fourth-order valence-electron chi connectivity index (χ4n) is 3.09. The fraction of sp³-hybridized carbons (Fsp3) is 0.211. The number of nitrogens with zero attached hydrogens (tertiary/aromatic N) is 8. The first-order valence-electron chi connectivity index (χ1n) is 9.95. The predicted molar refractivity (Wildman–Crippen MR) is 126 cm³/mol. The van der Waals surface area contributed by atoms with Gasteiger partial charge in [0.2, 0.25) is 11.9 Å². The van der Waals surface area contributed by atoms with Crippen molar-refractivity contribution in [3.05, 3.63) is 53.9 Å². The van der Waals surface area contributed by atoms with Gasteiger partial charge >= 0.3 is 0 Å². The Balaban J connectivity index is 0.000000318. The molecule has 14 heteroatoms. The maximum absolute atomic E-state index is 5.97. The second-order valence-corrected chi connectivity index (χ2v) is 7.32. The average molecular weight is 471 g/mol. The number of nitrogen functional groups attached to an aromatic ring is 3. The highest BCUT2D eigenvalue weighted by molar-refractivity contribution is 6.29. The molecule has 1 aliphatic rings. The van der Waals surface area contributed by atoms with E-state index in [0.29, 0.717) is 22.6 Å². The molecule has 0 unspecified atom stereocenters. The number of hydrogen-bond acceptors (Lipinski definition) is 11. The Bertz CT molecular complexity index is 1170. The summed E-state index contributed by atoms with van der Waals surface area (Å²) in [6.45, 7) is 3.34. The first-order chi connectivity index (χ1) is 16.0. The molecule has 0 radical (unpaired) electrons. The second-order valence-electron chi connectivity index (χ2n) is 6.94. The van der Waals surface area contributed by atoms with E-state index in [1.54, 1.807) is 18.3 Å². The molecular weight excluding hydrogens is 448 g/mol. The minimum Gasteiger partial charge on any atom is -0.381 e. The predicted octanol–water partition coefficient (Wildman–Crippen LogP) is 1.05. The number of benzene rings is 1. The van der Waals surface area contributed by atoms with Gasteiger partial charge in [-0.3, -0.25) is 0 Å². The Kier molecular flexibility index (Phi) is 6.71. The molecule has 5 rings (SSSR count). The Labute approximate surface area is 194 Å². The maximum Gasteiger partial charge on any atom is 0.248 e. The van der Waals surface area contributed by atoms with Crippen LogP contribution in [0.4, 0.5) is 29.1 Å². The van der Waals surface area contributed by atoms with Crippen LogP contribution in [0.2, 0.25) is 5.15 Å². The molecule has 4 heterocycles. The van der Waals surface area contributed by atoms with Gasteiger partial charge in [0.25, 0.3) is 0 Å². The Morgan fingerprint density at radius 3 is 2.39 bits per heavy atom. The SMILES string of the molecule is Nc1cn(N)nn1.Nc1nc(Nc2ccc(N3CCOCC3)cc2)nn1-c1ccnc(Cl)c1. The van der Waals surface area contributed by atoms with E-state index < -0.39 is 0 Å². The van der Waals surface area contributed by atoms with Crippen LogP contribution in [0, 0.1) is 0 Å². The summed E-state index contributed by atoms with van der Waals surface area (Å²) < 4.78 is 6.90. The lowest BCUT2D eigenvalue weighted by molar-refractivity contribution is 0.122. The Morgan fingerprint density at radius 1 is 1.03 bits per heavy atom. The molecule has 1 fully saturated rings. The highest BCUT2D eigenvalue weighted by Crippen LogP contribution is 2.22. The molecule has 0 saturated carbocycles. The van der Waals surface area contributed by atoms with E-state index in [9.17, 15) is 0 Å². The van der Waals surface area contributed by atoms with Gasteiger partial charge in [-0.05, 0) is 35.5 Å². The Hall–Kier alpha value is -4.10. The number of ether oxygens (including phenoxy) is 1. The third-order valence-corrected chi connectivity index (χ3v) is 4.82. The van der Waals surface area contributed by atoms with Gasteiger partial charge in [0, 0.05) is 36.7 Å². The first kappa shape index (κ1) is 22.1. The van der Waals surface area contributed by atoms with Gasteiger partial charge < -0.3 is 32.3 Å². The molecular formula is C19H23ClN12O. The van der Waals surface area contributed by atoms with E-state index in [2.05, 4.69) is 47.7 Å². The second kappa shape index (κ2) is 10.0. The minimum atomic E-state index is 0.264. The summed E-state index contributed by atoms with van der Waals surface area (Å²) in [6, 6.07) is 11.6. The van der Waals surface area contributed by atoms with Crippen molar-refractivity contribution in [2.24, 2.45) is 0 Å². The number of anilines is 5. The van der Waals surface area contributed by atoms with Gasteiger partial charge in [0.05, 0.1) is 25.1 Å². The molecule has 0 amide bonds. The zero-order chi connectivity index (χ0) is 23.2. The molecule has 7 N–H and O–H groups in total. The van der Waals surface area contributed by atoms with Gasteiger partial charge in [-0.1, -0.05) is 11.6 Å². The van der Waals surface area contributed by atoms with Gasteiger partial charge in [-0.2, -0.15) is 14.5 Å². The number of pyridine rings is 1. The highest BCUT2D eigenvalue weighted by Gasteiger charge is 2.12. The molecule has 0 aliphatic carbocycles. The Morgan fingerprint density at radius 2 is 1.79 bits per heavy atom. The number of nitrogens with one attached hydrogen (secondary N) is 1. The van der Waals surface area contributed by atoms with Crippen molar-refractivity contribution >= 4 is 40.7 Å². The van der Waals surface area contributed by atoms with Crippen molar-refractivity contribution in [3.63, 3.8) is 0 Å². The van der Waals surface area contributed by atoms with Gasteiger partial charge in [0.1, 0.15) is 5.15 Å². The summed E-state index contributed by atoms with van der Waals surface area (Å²) in [7, 11) is 0. The molecule has 4 aromatic rings. The van der Waals surface area contributed by atoms with Crippen molar-refractivity contribution in [2.45, 2.75) is 0 Å². The first-order valence-corrected chi connectivity index (χ1v) is 10.3. The van der Waals surface area contributed by atoms with Crippen molar-refractivity contribution in [1.29, 1.82) is 0 Å². The average Bonchev–Trinajstić information content (AvgIpc) is 3.38. The van der Waals surface area contributed by atoms with Crippen molar-refractivity contribution in [3.8, 4) is 5.69 Å². The van der Waals surface area contributed by atoms with Crippen molar-refractivity contribution in [1.82, 2.24) is 34.9 Å². The summed E-state index contributed by atoms with van der Waals surface area (Å²) in [4.78, 5) is 11.6. The number of hydrogen-bond donors (Lipinski definition) is 4. The monoisotopic (exact) mass is 470 g/mol.